The molecule has 0 saturated carbocycles. The molecule has 4 rings (SSSR count). The predicted octanol–water partition coefficient (Wildman–Crippen LogP) is 1.30. The van der Waals surface area contributed by atoms with Gasteiger partial charge in [0.05, 0.1) is 0 Å². The van der Waals surface area contributed by atoms with E-state index in [0.29, 0.717) is 12.2 Å². The largest absolute Gasteiger partial charge is 0.339 e. The molecular formula is C17H21N7O. The number of anilines is 1. The molecule has 0 N–H and O–H groups in total. The maximum absolute atomic E-state index is 12.7. The first-order valence-electron chi connectivity index (χ1n) is 8.63. The molecule has 0 spiro atoms. The molecule has 8 nitrogen and oxygen atoms in total. The van der Waals surface area contributed by atoms with Crippen molar-refractivity contribution in [1.29, 1.82) is 0 Å². The molecule has 1 saturated heterocycles. The average molecular weight is 339 g/mol. The quantitative estimate of drug-likeness (QED) is 0.719. The summed E-state index contributed by atoms with van der Waals surface area (Å²) in [6, 6.07) is 7.65. The smallest absolute Gasteiger partial charge is 0.274 e. The van der Waals surface area contributed by atoms with E-state index in [0.717, 1.165) is 44.2 Å². The van der Waals surface area contributed by atoms with Gasteiger partial charge in [0.1, 0.15) is 5.69 Å². The van der Waals surface area contributed by atoms with Gasteiger partial charge in [-0.15, -0.1) is 10.2 Å². The summed E-state index contributed by atoms with van der Waals surface area (Å²) in [6.07, 6.45) is 4.71. The van der Waals surface area contributed by atoms with E-state index in [1.165, 1.54) is 0 Å². The summed E-state index contributed by atoms with van der Waals surface area (Å²) in [5.74, 6) is 0.834. The molecule has 4 heterocycles. The Morgan fingerprint density at radius 2 is 2.00 bits per heavy atom. The van der Waals surface area contributed by atoms with Crippen LogP contribution in [0.3, 0.4) is 0 Å². The Hall–Kier alpha value is -2.90. The second kappa shape index (κ2) is 6.54. The maximum Gasteiger partial charge on any atom is 0.274 e. The molecule has 0 radical (unpaired) electrons. The predicted molar refractivity (Wildman–Crippen MR) is 93.6 cm³/mol. The summed E-state index contributed by atoms with van der Waals surface area (Å²) in [5.41, 5.74) is 1.35. The highest BCUT2D eigenvalue weighted by Crippen LogP contribution is 2.16. The number of aromatic nitrogens is 5. The fourth-order valence-electron chi connectivity index (χ4n) is 3.18. The zero-order valence-electron chi connectivity index (χ0n) is 14.2. The van der Waals surface area contributed by atoms with Crippen LogP contribution in [-0.2, 0) is 6.54 Å². The van der Waals surface area contributed by atoms with Gasteiger partial charge >= 0.3 is 0 Å². The lowest BCUT2D eigenvalue weighted by molar-refractivity contribution is 0.0760. The molecule has 0 aromatic carbocycles. The molecule has 8 heteroatoms. The molecule has 3 aromatic heterocycles. The van der Waals surface area contributed by atoms with Crippen LogP contribution in [0.25, 0.3) is 5.65 Å². The lowest BCUT2D eigenvalue weighted by Gasteiger charge is -2.21. The summed E-state index contributed by atoms with van der Waals surface area (Å²) >= 11 is 0. The molecule has 1 aliphatic rings. The van der Waals surface area contributed by atoms with Crippen molar-refractivity contribution in [2.45, 2.75) is 19.9 Å². The van der Waals surface area contributed by atoms with Crippen molar-refractivity contribution < 1.29 is 4.79 Å². The van der Waals surface area contributed by atoms with Crippen LogP contribution in [0.1, 0.15) is 23.8 Å². The van der Waals surface area contributed by atoms with Gasteiger partial charge in [-0.1, -0.05) is 6.07 Å². The molecule has 0 aliphatic carbocycles. The number of amides is 1. The average Bonchev–Trinajstić information content (AvgIpc) is 3.22. The fraction of sp³-hybridized carbons (Fsp3) is 0.412. The first-order chi connectivity index (χ1) is 12.3. The summed E-state index contributed by atoms with van der Waals surface area (Å²) < 4.78 is 3.76. The van der Waals surface area contributed by atoms with Crippen molar-refractivity contribution in [3.63, 3.8) is 0 Å². The van der Waals surface area contributed by atoms with Crippen LogP contribution >= 0.6 is 0 Å². The lowest BCUT2D eigenvalue weighted by Crippen LogP contribution is -2.36. The van der Waals surface area contributed by atoms with E-state index in [9.17, 15) is 4.79 Å². The number of carbonyl (C=O) groups is 1. The minimum Gasteiger partial charge on any atom is -0.339 e. The highest BCUT2D eigenvalue weighted by Gasteiger charge is 2.23. The van der Waals surface area contributed by atoms with E-state index < -0.39 is 0 Å². The van der Waals surface area contributed by atoms with Gasteiger partial charge in [0.15, 0.2) is 5.65 Å². The Morgan fingerprint density at radius 1 is 1.08 bits per heavy atom. The number of pyridine rings is 1. The van der Waals surface area contributed by atoms with Gasteiger partial charge < -0.3 is 9.80 Å². The van der Waals surface area contributed by atoms with Crippen LogP contribution in [0, 0.1) is 0 Å². The summed E-state index contributed by atoms with van der Waals surface area (Å²) in [4.78, 5) is 16.8. The maximum atomic E-state index is 12.7. The molecule has 1 fully saturated rings. The molecule has 3 aromatic rings. The number of nitrogens with zero attached hydrogens (tertiary/aromatic N) is 7. The van der Waals surface area contributed by atoms with Crippen molar-refractivity contribution in [1.82, 2.24) is 29.3 Å². The Balaban J connectivity index is 1.49. The lowest BCUT2D eigenvalue weighted by atomic mass is 10.3. The number of aryl methyl sites for hydroxylation is 1. The third-order valence-electron chi connectivity index (χ3n) is 4.55. The number of rotatable bonds is 3. The second-order valence-electron chi connectivity index (χ2n) is 6.12. The molecule has 0 bridgehead atoms. The van der Waals surface area contributed by atoms with Crippen LogP contribution in [0.15, 0.2) is 36.7 Å². The van der Waals surface area contributed by atoms with Crippen molar-refractivity contribution in [3.8, 4) is 0 Å². The molecule has 1 amide bonds. The van der Waals surface area contributed by atoms with Gasteiger partial charge in [-0.25, -0.2) is 0 Å². The van der Waals surface area contributed by atoms with Crippen molar-refractivity contribution in [3.05, 3.63) is 42.4 Å². The number of fused-ring (bicyclic) bond motifs is 1. The van der Waals surface area contributed by atoms with Gasteiger partial charge in [-0.3, -0.25) is 13.9 Å². The first-order valence-corrected chi connectivity index (χ1v) is 8.63. The van der Waals surface area contributed by atoms with E-state index in [1.54, 1.807) is 10.7 Å². The van der Waals surface area contributed by atoms with E-state index in [-0.39, 0.29) is 5.91 Å². The molecule has 0 atom stereocenters. The Morgan fingerprint density at radius 3 is 2.84 bits per heavy atom. The van der Waals surface area contributed by atoms with E-state index >= 15 is 0 Å². The highest BCUT2D eigenvalue weighted by molar-refractivity contribution is 5.92. The zero-order chi connectivity index (χ0) is 17.2. The molecule has 25 heavy (non-hydrogen) atoms. The van der Waals surface area contributed by atoms with Crippen molar-refractivity contribution in [2.24, 2.45) is 0 Å². The van der Waals surface area contributed by atoms with Gasteiger partial charge in [0.25, 0.3) is 5.91 Å². The molecule has 130 valence electrons. The number of hydrogen-bond acceptors (Lipinski definition) is 5. The number of carbonyl (C=O) groups excluding carboxylic acids is 1. The third kappa shape index (κ3) is 2.95. The Bertz CT molecular complexity index is 884. The van der Waals surface area contributed by atoms with Gasteiger partial charge in [-0.2, -0.15) is 5.10 Å². The second-order valence-corrected chi connectivity index (χ2v) is 6.12. The van der Waals surface area contributed by atoms with Gasteiger partial charge in [0, 0.05) is 45.1 Å². The van der Waals surface area contributed by atoms with Crippen LogP contribution in [0.2, 0.25) is 0 Å². The molecule has 1 aliphatic heterocycles. The van der Waals surface area contributed by atoms with Crippen molar-refractivity contribution in [2.75, 3.05) is 31.1 Å². The normalized spacial score (nSPS) is 15.6. The van der Waals surface area contributed by atoms with E-state index in [4.69, 9.17) is 0 Å². The zero-order valence-corrected chi connectivity index (χ0v) is 14.2. The Kier molecular flexibility index (Phi) is 4.09. The SMILES string of the molecule is CCn1ccc(C(=O)N2CCCN(c3nnc4ccccn34)CC2)n1. The first kappa shape index (κ1) is 15.6. The Labute approximate surface area is 145 Å². The van der Waals surface area contributed by atoms with Crippen LogP contribution in [0.5, 0.6) is 0 Å². The minimum absolute atomic E-state index is 0.000140. The van der Waals surface area contributed by atoms with Crippen molar-refractivity contribution >= 4 is 17.5 Å². The van der Waals surface area contributed by atoms with E-state index in [2.05, 4.69) is 20.2 Å². The van der Waals surface area contributed by atoms with Crippen LogP contribution in [-0.4, -0.2) is 61.4 Å². The highest BCUT2D eigenvalue weighted by atomic mass is 16.2. The monoisotopic (exact) mass is 339 g/mol. The minimum atomic E-state index is 0.000140. The standard InChI is InChI=1S/C17H21N7O/c1-2-23-11-7-14(20-23)16(25)21-8-5-9-22(13-12-21)17-19-18-15-6-3-4-10-24(15)17/h3-4,6-7,10-11H,2,5,8-9,12-13H2,1H3. The van der Waals surface area contributed by atoms with E-state index in [1.807, 2.05) is 46.8 Å². The summed E-state index contributed by atoms with van der Waals surface area (Å²) in [5, 5.41) is 12.9. The molecule has 0 unspecified atom stereocenters. The fourth-order valence-corrected chi connectivity index (χ4v) is 3.18. The third-order valence-corrected chi connectivity index (χ3v) is 4.55. The van der Waals surface area contributed by atoms with Gasteiger partial charge in [0.2, 0.25) is 5.95 Å². The van der Waals surface area contributed by atoms with Crippen LogP contribution < -0.4 is 4.90 Å². The van der Waals surface area contributed by atoms with Gasteiger partial charge in [-0.05, 0) is 31.5 Å². The summed E-state index contributed by atoms with van der Waals surface area (Å²) in [6.45, 7) is 5.73. The summed E-state index contributed by atoms with van der Waals surface area (Å²) in [7, 11) is 0. The topological polar surface area (TPSA) is 71.6 Å². The molecular weight excluding hydrogens is 318 g/mol. The number of hydrogen-bond donors (Lipinski definition) is 0. The van der Waals surface area contributed by atoms with Crippen LogP contribution in [0.4, 0.5) is 5.95 Å².